The predicted octanol–water partition coefficient (Wildman–Crippen LogP) is 3.02. The third-order valence-electron chi connectivity index (χ3n) is 1.52. The summed E-state index contributed by atoms with van der Waals surface area (Å²) in [6, 6.07) is 0.809. The summed E-state index contributed by atoms with van der Waals surface area (Å²) in [6.07, 6.45) is 0. The molecule has 0 atom stereocenters. The van der Waals surface area contributed by atoms with Crippen molar-refractivity contribution in [2.75, 3.05) is 0 Å². The summed E-state index contributed by atoms with van der Waals surface area (Å²) in [5.74, 6) is 0. The Balaban J connectivity index is 4.23. The molecule has 0 fully saturated rings. The average Bonchev–Trinajstić information content (AvgIpc) is 1.99. The summed E-state index contributed by atoms with van der Waals surface area (Å²) in [5.41, 5.74) is 5.39. The van der Waals surface area contributed by atoms with Crippen LogP contribution in [0, 0.1) is 0 Å². The molecule has 0 rings (SSSR count). The van der Waals surface area contributed by atoms with Crippen LogP contribution in [0.2, 0.25) is 0 Å². The molecule has 0 radical (unpaired) electrons. The Labute approximate surface area is 105 Å². The minimum absolute atomic E-state index is 0.405. The van der Waals surface area contributed by atoms with E-state index in [1.54, 1.807) is 0 Å². The first-order valence-electron chi connectivity index (χ1n) is 4.32. The minimum atomic E-state index is 0.405. The fourth-order valence-electron chi connectivity index (χ4n) is 1.14. The van der Waals surface area contributed by atoms with Crippen LogP contribution in [0.3, 0.4) is 0 Å². The van der Waals surface area contributed by atoms with Gasteiger partial charge in [0.25, 0.3) is 0 Å². The zero-order valence-electron chi connectivity index (χ0n) is 8.81. The van der Waals surface area contributed by atoms with E-state index >= 15 is 0 Å². The molecule has 0 aliphatic rings. The molecule has 0 saturated carbocycles. The van der Waals surface area contributed by atoms with Crippen LogP contribution in [-0.2, 0) is 0 Å². The van der Waals surface area contributed by atoms with Gasteiger partial charge in [0.15, 0.2) is 0 Å². The van der Waals surface area contributed by atoms with Gasteiger partial charge in [-0.05, 0) is 49.3 Å². The van der Waals surface area contributed by atoms with Crippen LogP contribution < -0.4 is 5.73 Å². The Morgan fingerprint density at radius 2 is 1.50 bits per heavy atom. The van der Waals surface area contributed by atoms with E-state index in [4.69, 9.17) is 30.2 Å². The van der Waals surface area contributed by atoms with Gasteiger partial charge >= 0.3 is 0 Å². The van der Waals surface area contributed by atoms with Gasteiger partial charge in [-0.1, -0.05) is 24.4 Å². The lowest BCUT2D eigenvalue weighted by Crippen LogP contribution is -2.39. The largest absolute Gasteiger partial charge is 0.384 e. The normalized spacial score (nSPS) is 10.7. The molecule has 2 N–H and O–H groups in total. The number of nitrogens with two attached hydrogens (primary N) is 1. The molecular formula is C8H16N2S4. The summed E-state index contributed by atoms with van der Waals surface area (Å²) in [4.78, 5) is 2.17. The average molecular weight is 268 g/mol. The van der Waals surface area contributed by atoms with Crippen molar-refractivity contribution in [1.29, 1.82) is 0 Å². The summed E-state index contributed by atoms with van der Waals surface area (Å²) < 4.78 is 1.26. The summed E-state index contributed by atoms with van der Waals surface area (Å²) >= 11 is 10.1. The molecule has 0 heterocycles. The number of nitrogens with zero attached hydrogens (tertiary/aromatic N) is 1. The van der Waals surface area contributed by atoms with E-state index in [1.807, 2.05) is 0 Å². The van der Waals surface area contributed by atoms with E-state index in [2.05, 4.69) is 32.6 Å². The van der Waals surface area contributed by atoms with Crippen LogP contribution in [0.25, 0.3) is 0 Å². The highest BCUT2D eigenvalue weighted by Gasteiger charge is 2.17. The molecule has 0 aromatic rings. The summed E-state index contributed by atoms with van der Waals surface area (Å²) in [7, 11) is 2.80. The van der Waals surface area contributed by atoms with Crippen LogP contribution in [-0.4, -0.2) is 25.6 Å². The zero-order chi connectivity index (χ0) is 11.3. The second-order valence-corrected chi connectivity index (χ2v) is 6.85. The van der Waals surface area contributed by atoms with Gasteiger partial charge in [0.05, 0.1) is 0 Å². The molecule has 0 aliphatic heterocycles. The first-order chi connectivity index (χ1) is 6.36. The van der Waals surface area contributed by atoms with Gasteiger partial charge in [-0.15, -0.1) is 0 Å². The molecule has 0 amide bonds. The lowest BCUT2D eigenvalue weighted by Gasteiger charge is -2.32. The Kier molecular flexibility index (Phi) is 7.11. The number of hydrogen-bond donors (Lipinski definition) is 1. The van der Waals surface area contributed by atoms with Gasteiger partial charge in [0.2, 0.25) is 0 Å². The van der Waals surface area contributed by atoms with E-state index < -0.39 is 0 Å². The van der Waals surface area contributed by atoms with E-state index in [9.17, 15) is 0 Å². The fraction of sp³-hybridized carbons (Fsp3) is 0.750. The maximum atomic E-state index is 5.39. The smallest absolute Gasteiger partial charge is 0.147 e. The molecule has 14 heavy (non-hydrogen) atoms. The highest BCUT2D eigenvalue weighted by Crippen LogP contribution is 2.27. The molecule has 0 spiro atoms. The van der Waals surface area contributed by atoms with Crippen molar-refractivity contribution in [2.24, 2.45) is 5.73 Å². The molecule has 0 saturated heterocycles. The van der Waals surface area contributed by atoms with Gasteiger partial charge in [-0.2, -0.15) is 0 Å². The quantitative estimate of drug-likeness (QED) is 0.612. The first-order valence-corrected chi connectivity index (χ1v) is 7.29. The van der Waals surface area contributed by atoms with Crippen molar-refractivity contribution in [1.82, 2.24) is 4.90 Å². The standard InChI is InChI=1S/C8H16N2S4/c1-5(2)10(6(3)4)8(12)14-13-7(9)11/h5-6H,1-4H3,(H2,9,11). The Hall–Kier alpha value is 0.480. The van der Waals surface area contributed by atoms with E-state index in [0.29, 0.717) is 16.4 Å². The van der Waals surface area contributed by atoms with Crippen molar-refractivity contribution in [3.63, 3.8) is 0 Å². The third kappa shape index (κ3) is 5.38. The molecule has 6 heteroatoms. The molecule has 82 valence electrons. The van der Waals surface area contributed by atoms with Crippen molar-refractivity contribution in [2.45, 2.75) is 39.8 Å². The lowest BCUT2D eigenvalue weighted by atomic mass is 10.2. The maximum Gasteiger partial charge on any atom is 0.147 e. The van der Waals surface area contributed by atoms with Gasteiger partial charge in [-0.25, -0.2) is 0 Å². The molecule has 2 nitrogen and oxygen atoms in total. The molecule has 0 aromatic carbocycles. The van der Waals surface area contributed by atoms with E-state index in [0.717, 1.165) is 4.32 Å². The monoisotopic (exact) mass is 268 g/mol. The number of thiocarbonyl (C=S) groups is 2. The Morgan fingerprint density at radius 3 is 1.79 bits per heavy atom. The summed E-state index contributed by atoms with van der Waals surface area (Å²) in [5, 5.41) is 0. The topological polar surface area (TPSA) is 29.3 Å². The second-order valence-electron chi connectivity index (χ2n) is 3.35. The predicted molar refractivity (Wildman–Crippen MR) is 76.7 cm³/mol. The van der Waals surface area contributed by atoms with E-state index in [-0.39, 0.29) is 0 Å². The highest BCUT2D eigenvalue weighted by molar-refractivity contribution is 8.89. The maximum absolute atomic E-state index is 5.39. The van der Waals surface area contributed by atoms with Gasteiger partial charge < -0.3 is 10.6 Å². The van der Waals surface area contributed by atoms with Crippen LogP contribution in [0.4, 0.5) is 0 Å². The van der Waals surface area contributed by atoms with Crippen molar-refractivity contribution < 1.29 is 0 Å². The van der Waals surface area contributed by atoms with Crippen LogP contribution in [0.15, 0.2) is 0 Å². The van der Waals surface area contributed by atoms with Gasteiger partial charge in [0.1, 0.15) is 8.64 Å². The minimum Gasteiger partial charge on any atom is -0.384 e. The molecule has 0 aliphatic carbocycles. The lowest BCUT2D eigenvalue weighted by molar-refractivity contribution is 0.303. The zero-order valence-corrected chi connectivity index (χ0v) is 12.1. The highest BCUT2D eigenvalue weighted by atomic mass is 33.1. The SMILES string of the molecule is CC(C)N(C(=S)SSC(N)=S)C(C)C. The second kappa shape index (κ2) is 6.87. The van der Waals surface area contributed by atoms with Crippen molar-refractivity contribution >= 4 is 54.7 Å². The van der Waals surface area contributed by atoms with E-state index in [1.165, 1.54) is 21.6 Å². The van der Waals surface area contributed by atoms with Crippen LogP contribution in [0.1, 0.15) is 27.7 Å². The first kappa shape index (κ1) is 14.5. The summed E-state index contributed by atoms with van der Waals surface area (Å²) in [6.45, 7) is 8.49. The molecular weight excluding hydrogens is 252 g/mol. The van der Waals surface area contributed by atoms with Crippen LogP contribution >= 0.6 is 46.0 Å². The van der Waals surface area contributed by atoms with Gasteiger partial charge in [-0.3, -0.25) is 0 Å². The third-order valence-corrected chi connectivity index (χ3v) is 4.73. The Bertz CT molecular complexity index is 207. The fourth-order valence-corrected chi connectivity index (χ4v) is 3.55. The number of hydrogen-bond acceptors (Lipinski definition) is 4. The number of rotatable bonds is 2. The van der Waals surface area contributed by atoms with Crippen LogP contribution in [0.5, 0.6) is 0 Å². The molecule has 0 aromatic heterocycles. The molecule has 0 bridgehead atoms. The van der Waals surface area contributed by atoms with Crippen molar-refractivity contribution in [3.8, 4) is 0 Å². The van der Waals surface area contributed by atoms with Gasteiger partial charge in [0, 0.05) is 12.1 Å². The molecule has 0 unspecified atom stereocenters. The van der Waals surface area contributed by atoms with Crippen molar-refractivity contribution in [3.05, 3.63) is 0 Å². The Morgan fingerprint density at radius 1 is 1.07 bits per heavy atom.